The fourth-order valence-electron chi connectivity index (χ4n) is 3.08. The highest BCUT2D eigenvalue weighted by Crippen LogP contribution is 2.26. The van der Waals surface area contributed by atoms with E-state index in [1.807, 2.05) is 53.1 Å². The number of nitrogens with zero attached hydrogens (tertiary/aromatic N) is 3. The zero-order valence-corrected chi connectivity index (χ0v) is 16.8. The molecule has 0 atom stereocenters. The molecule has 1 aromatic heterocycles. The Morgan fingerprint density at radius 1 is 0.724 bits per heavy atom. The third kappa shape index (κ3) is 4.14. The average Bonchev–Trinajstić information content (AvgIpc) is 3.18. The second-order valence-electron chi connectivity index (χ2n) is 6.94. The van der Waals surface area contributed by atoms with Crippen molar-refractivity contribution in [3.05, 3.63) is 89.7 Å². The molecule has 0 aliphatic heterocycles. The molecule has 146 valence electrons. The molecular weight excluding hydrogens is 362 g/mol. The van der Waals surface area contributed by atoms with E-state index >= 15 is 0 Å². The molecule has 0 fully saturated rings. The van der Waals surface area contributed by atoms with Crippen molar-refractivity contribution in [2.75, 3.05) is 7.11 Å². The molecule has 4 aromatic rings. The average molecular weight is 385 g/mol. The summed E-state index contributed by atoms with van der Waals surface area (Å²) in [6.45, 7) is 4.45. The van der Waals surface area contributed by atoms with Gasteiger partial charge >= 0.3 is 0 Å². The Balaban J connectivity index is 1.71. The van der Waals surface area contributed by atoms with E-state index in [0.29, 0.717) is 6.61 Å². The van der Waals surface area contributed by atoms with Crippen molar-refractivity contribution < 1.29 is 9.47 Å². The number of hydrogen-bond donors (Lipinski definition) is 0. The molecule has 3 aromatic carbocycles. The van der Waals surface area contributed by atoms with Crippen molar-refractivity contribution in [3.63, 3.8) is 0 Å². The van der Waals surface area contributed by atoms with Gasteiger partial charge in [-0.1, -0.05) is 35.4 Å². The van der Waals surface area contributed by atoms with Crippen molar-refractivity contribution in [2.45, 2.75) is 20.5 Å². The van der Waals surface area contributed by atoms with Gasteiger partial charge in [0.25, 0.3) is 0 Å². The molecule has 0 unspecified atom stereocenters. The summed E-state index contributed by atoms with van der Waals surface area (Å²) in [7, 11) is 1.66. The van der Waals surface area contributed by atoms with Crippen LogP contribution in [0.4, 0.5) is 0 Å². The number of benzene rings is 3. The summed E-state index contributed by atoms with van der Waals surface area (Å²) >= 11 is 0. The lowest BCUT2D eigenvalue weighted by Gasteiger charge is -2.12. The smallest absolute Gasteiger partial charge is 0.175 e. The highest BCUT2D eigenvalue weighted by molar-refractivity contribution is 5.60. The minimum absolute atomic E-state index is 0.320. The van der Waals surface area contributed by atoms with Gasteiger partial charge in [0.1, 0.15) is 18.1 Å². The van der Waals surface area contributed by atoms with E-state index in [2.05, 4.69) is 48.3 Å². The third-order valence-corrected chi connectivity index (χ3v) is 4.76. The normalized spacial score (nSPS) is 10.7. The molecule has 5 heteroatoms. The van der Waals surface area contributed by atoms with Crippen molar-refractivity contribution in [3.8, 4) is 28.6 Å². The van der Waals surface area contributed by atoms with E-state index in [1.165, 1.54) is 11.1 Å². The van der Waals surface area contributed by atoms with E-state index in [4.69, 9.17) is 9.47 Å². The van der Waals surface area contributed by atoms with E-state index in [0.717, 1.165) is 34.4 Å². The van der Waals surface area contributed by atoms with E-state index in [9.17, 15) is 0 Å². The standard InChI is InChI=1S/C24H23N3O2/c1-17-4-10-20(11-5-17)27-23(16-29-22-12-6-18(2)7-13-22)25-26-24(27)19-8-14-21(28-3)15-9-19/h4-15H,16H2,1-3H3. The summed E-state index contributed by atoms with van der Waals surface area (Å²) in [5.41, 5.74) is 4.35. The van der Waals surface area contributed by atoms with Crippen LogP contribution in [0.25, 0.3) is 17.1 Å². The first kappa shape index (κ1) is 18.7. The van der Waals surface area contributed by atoms with Gasteiger partial charge < -0.3 is 9.47 Å². The molecule has 5 nitrogen and oxygen atoms in total. The van der Waals surface area contributed by atoms with E-state index in [1.54, 1.807) is 7.11 Å². The van der Waals surface area contributed by atoms with Crippen molar-refractivity contribution in [1.29, 1.82) is 0 Å². The molecule has 0 saturated heterocycles. The third-order valence-electron chi connectivity index (χ3n) is 4.76. The summed E-state index contributed by atoms with van der Waals surface area (Å²) in [6, 6.07) is 24.1. The van der Waals surface area contributed by atoms with Gasteiger partial charge in [0.2, 0.25) is 0 Å². The van der Waals surface area contributed by atoms with Gasteiger partial charge in [0.05, 0.1) is 7.11 Å². The topological polar surface area (TPSA) is 49.2 Å². The zero-order valence-electron chi connectivity index (χ0n) is 16.8. The highest BCUT2D eigenvalue weighted by Gasteiger charge is 2.16. The summed E-state index contributed by atoms with van der Waals surface area (Å²) in [5, 5.41) is 8.88. The van der Waals surface area contributed by atoms with E-state index < -0.39 is 0 Å². The lowest BCUT2D eigenvalue weighted by molar-refractivity contribution is 0.293. The summed E-state index contributed by atoms with van der Waals surface area (Å²) in [5.74, 6) is 3.11. The predicted molar refractivity (Wildman–Crippen MR) is 114 cm³/mol. The Kier molecular flexibility index (Phi) is 5.29. The van der Waals surface area contributed by atoms with Crippen molar-refractivity contribution >= 4 is 0 Å². The van der Waals surface area contributed by atoms with Gasteiger partial charge in [0.15, 0.2) is 11.6 Å². The van der Waals surface area contributed by atoms with Crippen LogP contribution in [-0.4, -0.2) is 21.9 Å². The van der Waals surface area contributed by atoms with Crippen LogP contribution in [0, 0.1) is 13.8 Å². The van der Waals surface area contributed by atoms with Crippen LogP contribution in [0.1, 0.15) is 17.0 Å². The van der Waals surface area contributed by atoms with E-state index in [-0.39, 0.29) is 0 Å². The number of hydrogen-bond acceptors (Lipinski definition) is 4. The maximum Gasteiger partial charge on any atom is 0.175 e. The predicted octanol–water partition coefficient (Wildman–Crippen LogP) is 5.14. The number of aryl methyl sites for hydroxylation is 2. The molecule has 4 rings (SSSR count). The van der Waals surface area contributed by atoms with Gasteiger partial charge in [-0.3, -0.25) is 4.57 Å². The van der Waals surface area contributed by atoms with Gasteiger partial charge in [-0.05, 0) is 62.4 Å². The van der Waals surface area contributed by atoms with Crippen LogP contribution in [-0.2, 0) is 6.61 Å². The quantitative estimate of drug-likeness (QED) is 0.461. The fraction of sp³-hybridized carbons (Fsp3) is 0.167. The highest BCUT2D eigenvalue weighted by atomic mass is 16.5. The first-order chi connectivity index (χ1) is 14.1. The van der Waals surface area contributed by atoms with Crippen molar-refractivity contribution in [1.82, 2.24) is 14.8 Å². The molecular formula is C24H23N3O2. The van der Waals surface area contributed by atoms with Crippen LogP contribution in [0.15, 0.2) is 72.8 Å². The van der Waals surface area contributed by atoms with Gasteiger partial charge in [-0.2, -0.15) is 0 Å². The van der Waals surface area contributed by atoms with Crippen LogP contribution in [0.5, 0.6) is 11.5 Å². The molecule has 0 aliphatic carbocycles. The molecule has 0 saturated carbocycles. The Hall–Kier alpha value is -3.60. The van der Waals surface area contributed by atoms with Crippen LogP contribution in [0.2, 0.25) is 0 Å². The first-order valence-corrected chi connectivity index (χ1v) is 9.49. The zero-order chi connectivity index (χ0) is 20.2. The minimum Gasteiger partial charge on any atom is -0.497 e. The van der Waals surface area contributed by atoms with Crippen LogP contribution >= 0.6 is 0 Å². The molecule has 0 bridgehead atoms. The summed E-state index contributed by atoms with van der Waals surface area (Å²) in [6.07, 6.45) is 0. The maximum absolute atomic E-state index is 5.98. The number of ether oxygens (including phenoxy) is 2. The molecule has 1 heterocycles. The monoisotopic (exact) mass is 385 g/mol. The van der Waals surface area contributed by atoms with Crippen LogP contribution < -0.4 is 9.47 Å². The van der Waals surface area contributed by atoms with Gasteiger partial charge in [0, 0.05) is 11.3 Å². The van der Waals surface area contributed by atoms with Gasteiger partial charge in [-0.25, -0.2) is 0 Å². The fourth-order valence-corrected chi connectivity index (χ4v) is 3.08. The van der Waals surface area contributed by atoms with Gasteiger partial charge in [-0.15, -0.1) is 10.2 Å². The summed E-state index contributed by atoms with van der Waals surface area (Å²) in [4.78, 5) is 0. The Morgan fingerprint density at radius 2 is 1.31 bits per heavy atom. The molecule has 29 heavy (non-hydrogen) atoms. The molecule has 0 radical (unpaired) electrons. The Bertz CT molecular complexity index is 1080. The lowest BCUT2D eigenvalue weighted by Crippen LogP contribution is -2.07. The summed E-state index contributed by atoms with van der Waals surface area (Å²) < 4.78 is 13.3. The SMILES string of the molecule is COc1ccc(-c2nnc(COc3ccc(C)cc3)n2-c2ccc(C)cc2)cc1. The van der Waals surface area contributed by atoms with Crippen molar-refractivity contribution in [2.24, 2.45) is 0 Å². The minimum atomic E-state index is 0.320. The van der Waals surface area contributed by atoms with Crippen LogP contribution in [0.3, 0.4) is 0 Å². The number of methoxy groups -OCH3 is 1. The number of rotatable bonds is 6. The molecule has 0 aliphatic rings. The Morgan fingerprint density at radius 3 is 1.93 bits per heavy atom. The largest absolute Gasteiger partial charge is 0.497 e. The molecule has 0 spiro atoms. The number of aromatic nitrogens is 3. The molecule has 0 N–H and O–H groups in total. The lowest BCUT2D eigenvalue weighted by atomic mass is 10.2. The maximum atomic E-state index is 5.98. The second-order valence-corrected chi connectivity index (χ2v) is 6.94. The molecule has 0 amide bonds. The second kappa shape index (κ2) is 8.19. The first-order valence-electron chi connectivity index (χ1n) is 9.49. The Labute approximate surface area is 170 Å².